The second-order valence-corrected chi connectivity index (χ2v) is 7.28. The third-order valence-corrected chi connectivity index (χ3v) is 6.21. The second-order valence-electron chi connectivity index (χ2n) is 6.17. The van der Waals surface area contributed by atoms with Crippen LogP contribution in [0.4, 0.5) is 0 Å². The average Bonchev–Trinajstić information content (AvgIpc) is 2.87. The first kappa shape index (κ1) is 13.2. The number of benzene rings is 2. The molecule has 1 atom stereocenters. The predicted molar refractivity (Wildman–Crippen MR) is 86.9 cm³/mol. The smallest absolute Gasteiger partial charge is 0.0240 e. The summed E-state index contributed by atoms with van der Waals surface area (Å²) in [7, 11) is 0. The van der Waals surface area contributed by atoms with E-state index in [0.717, 1.165) is 6.42 Å². The number of rotatable bonds is 3. The summed E-state index contributed by atoms with van der Waals surface area (Å²) in [5.74, 6) is 0. The lowest BCUT2D eigenvalue weighted by atomic mass is 9.82. The van der Waals surface area contributed by atoms with Crippen LogP contribution in [0.15, 0.2) is 42.5 Å². The van der Waals surface area contributed by atoms with E-state index in [1.54, 1.807) is 0 Å². The summed E-state index contributed by atoms with van der Waals surface area (Å²) in [4.78, 5) is 0.591. The first-order chi connectivity index (χ1) is 9.19. The summed E-state index contributed by atoms with van der Waals surface area (Å²) in [6.07, 6.45) is 6.67. The van der Waals surface area contributed by atoms with Crippen molar-refractivity contribution in [3.05, 3.63) is 48.0 Å². The van der Waals surface area contributed by atoms with E-state index < -0.39 is 0 Å². The van der Waals surface area contributed by atoms with Gasteiger partial charge >= 0.3 is 0 Å². The van der Waals surface area contributed by atoms with Gasteiger partial charge in [-0.05, 0) is 41.0 Å². The zero-order valence-electron chi connectivity index (χ0n) is 11.5. The van der Waals surface area contributed by atoms with Crippen LogP contribution >= 0.6 is 15.9 Å². The predicted octanol–water partition coefficient (Wildman–Crippen LogP) is 5.73. The van der Waals surface area contributed by atoms with E-state index >= 15 is 0 Å². The fourth-order valence-electron chi connectivity index (χ4n) is 3.41. The molecule has 1 fully saturated rings. The molecule has 0 amide bonds. The third-order valence-electron chi connectivity index (χ3n) is 4.78. The van der Waals surface area contributed by atoms with Crippen molar-refractivity contribution in [1.29, 1.82) is 0 Å². The van der Waals surface area contributed by atoms with Gasteiger partial charge in [0.25, 0.3) is 0 Å². The molecule has 3 rings (SSSR count). The molecule has 0 aliphatic heterocycles. The van der Waals surface area contributed by atoms with E-state index in [9.17, 15) is 0 Å². The Morgan fingerprint density at radius 3 is 2.53 bits per heavy atom. The van der Waals surface area contributed by atoms with E-state index in [-0.39, 0.29) is 0 Å². The van der Waals surface area contributed by atoms with Gasteiger partial charge in [0, 0.05) is 4.83 Å². The van der Waals surface area contributed by atoms with Crippen molar-refractivity contribution < 1.29 is 0 Å². The van der Waals surface area contributed by atoms with Gasteiger partial charge in [-0.2, -0.15) is 0 Å². The summed E-state index contributed by atoms with van der Waals surface area (Å²) in [5.41, 5.74) is 1.96. The molecule has 0 N–H and O–H groups in total. The van der Waals surface area contributed by atoms with Crippen LogP contribution in [0.5, 0.6) is 0 Å². The lowest BCUT2D eigenvalue weighted by Crippen LogP contribution is -2.26. The van der Waals surface area contributed by atoms with Gasteiger partial charge in [-0.15, -0.1) is 0 Å². The minimum absolute atomic E-state index is 0.483. The normalized spacial score (nSPS) is 19.7. The number of halogens is 1. The average molecular weight is 317 g/mol. The Bertz CT molecular complexity index is 561. The molecule has 1 aliphatic rings. The van der Waals surface area contributed by atoms with E-state index in [1.165, 1.54) is 42.0 Å². The van der Waals surface area contributed by atoms with Gasteiger partial charge in [0.15, 0.2) is 0 Å². The van der Waals surface area contributed by atoms with Crippen LogP contribution in [-0.4, -0.2) is 4.83 Å². The van der Waals surface area contributed by atoms with Crippen LogP contribution in [0.2, 0.25) is 0 Å². The van der Waals surface area contributed by atoms with Gasteiger partial charge in [0.05, 0.1) is 0 Å². The lowest BCUT2D eigenvalue weighted by molar-refractivity contribution is 0.326. The van der Waals surface area contributed by atoms with Crippen molar-refractivity contribution in [2.45, 2.75) is 43.9 Å². The molecule has 0 heterocycles. The van der Waals surface area contributed by atoms with Gasteiger partial charge in [-0.1, -0.05) is 78.2 Å². The van der Waals surface area contributed by atoms with E-state index in [2.05, 4.69) is 65.3 Å². The summed E-state index contributed by atoms with van der Waals surface area (Å²) in [6, 6.07) is 15.4. The molecule has 0 saturated heterocycles. The van der Waals surface area contributed by atoms with Crippen molar-refractivity contribution in [1.82, 2.24) is 0 Å². The minimum Gasteiger partial charge on any atom is -0.0881 e. The molecule has 1 saturated carbocycles. The first-order valence-corrected chi connectivity index (χ1v) is 8.21. The van der Waals surface area contributed by atoms with Gasteiger partial charge in [-0.3, -0.25) is 0 Å². The standard InChI is InChI=1S/C18H21Br/c1-18(11-4-5-12-18)17(19)13-15-9-6-8-14-7-2-3-10-16(14)15/h2-3,6-10,17H,4-5,11-13H2,1H3. The summed E-state index contributed by atoms with van der Waals surface area (Å²) >= 11 is 3.98. The molecule has 0 spiro atoms. The van der Waals surface area contributed by atoms with Crippen molar-refractivity contribution in [2.24, 2.45) is 5.41 Å². The van der Waals surface area contributed by atoms with Crippen molar-refractivity contribution in [3.8, 4) is 0 Å². The Morgan fingerprint density at radius 1 is 1.05 bits per heavy atom. The highest BCUT2D eigenvalue weighted by Crippen LogP contribution is 2.45. The van der Waals surface area contributed by atoms with Crippen molar-refractivity contribution >= 4 is 26.7 Å². The largest absolute Gasteiger partial charge is 0.0881 e. The molecule has 0 bridgehead atoms. The fourth-order valence-corrected chi connectivity index (χ4v) is 4.21. The Morgan fingerprint density at radius 2 is 1.74 bits per heavy atom. The minimum atomic E-state index is 0.483. The van der Waals surface area contributed by atoms with Gasteiger partial charge in [0.2, 0.25) is 0 Å². The Kier molecular flexibility index (Phi) is 3.66. The zero-order chi connectivity index (χ0) is 13.3. The zero-order valence-corrected chi connectivity index (χ0v) is 13.1. The highest BCUT2D eigenvalue weighted by Gasteiger charge is 2.35. The van der Waals surface area contributed by atoms with E-state index in [4.69, 9.17) is 0 Å². The van der Waals surface area contributed by atoms with Crippen LogP contribution in [0.1, 0.15) is 38.2 Å². The van der Waals surface area contributed by atoms with Crippen LogP contribution < -0.4 is 0 Å². The third kappa shape index (κ3) is 2.58. The number of fused-ring (bicyclic) bond motifs is 1. The van der Waals surface area contributed by atoms with Crippen LogP contribution in [0, 0.1) is 5.41 Å². The van der Waals surface area contributed by atoms with Crippen molar-refractivity contribution in [2.75, 3.05) is 0 Å². The quantitative estimate of drug-likeness (QED) is 0.635. The molecule has 1 unspecified atom stereocenters. The molecule has 1 aliphatic carbocycles. The van der Waals surface area contributed by atoms with Gasteiger partial charge < -0.3 is 0 Å². The molecule has 2 aromatic rings. The van der Waals surface area contributed by atoms with Crippen LogP contribution in [0.25, 0.3) is 10.8 Å². The number of alkyl halides is 1. The Labute approximate surface area is 124 Å². The maximum absolute atomic E-state index is 3.98. The summed E-state index contributed by atoms with van der Waals surface area (Å²) in [6.45, 7) is 2.45. The van der Waals surface area contributed by atoms with Crippen molar-refractivity contribution in [3.63, 3.8) is 0 Å². The van der Waals surface area contributed by atoms with Gasteiger partial charge in [0.1, 0.15) is 0 Å². The maximum Gasteiger partial charge on any atom is 0.0240 e. The highest BCUT2D eigenvalue weighted by atomic mass is 79.9. The fraction of sp³-hybridized carbons (Fsp3) is 0.444. The number of hydrogen-bond donors (Lipinski definition) is 0. The molecule has 0 aromatic heterocycles. The van der Waals surface area contributed by atoms with Crippen LogP contribution in [0.3, 0.4) is 0 Å². The summed E-state index contributed by atoms with van der Waals surface area (Å²) in [5, 5.41) is 2.77. The maximum atomic E-state index is 3.98. The first-order valence-electron chi connectivity index (χ1n) is 7.30. The Hall–Kier alpha value is -0.820. The van der Waals surface area contributed by atoms with E-state index in [0.29, 0.717) is 10.2 Å². The second kappa shape index (κ2) is 5.28. The Balaban J connectivity index is 1.89. The monoisotopic (exact) mass is 316 g/mol. The molecule has 1 heteroatoms. The molecule has 2 aromatic carbocycles. The summed E-state index contributed by atoms with van der Waals surface area (Å²) < 4.78 is 0. The topological polar surface area (TPSA) is 0 Å². The lowest BCUT2D eigenvalue weighted by Gasteiger charge is -2.30. The van der Waals surface area contributed by atoms with E-state index in [1.807, 2.05) is 0 Å². The highest BCUT2D eigenvalue weighted by molar-refractivity contribution is 9.09. The van der Waals surface area contributed by atoms with Crippen LogP contribution in [-0.2, 0) is 6.42 Å². The molecule has 0 nitrogen and oxygen atoms in total. The molecular formula is C18H21Br. The SMILES string of the molecule is CC1(C(Br)Cc2cccc3ccccc23)CCCC1. The van der Waals surface area contributed by atoms with Gasteiger partial charge in [-0.25, -0.2) is 0 Å². The molecule has 100 valence electrons. The molecule has 0 radical (unpaired) electrons. The molecule has 19 heavy (non-hydrogen) atoms. The molecular weight excluding hydrogens is 296 g/mol. The number of hydrogen-bond acceptors (Lipinski definition) is 0.